The third kappa shape index (κ3) is 3.40. The van der Waals surface area contributed by atoms with Crippen molar-refractivity contribution in [3.8, 4) is 0 Å². The van der Waals surface area contributed by atoms with E-state index in [0.29, 0.717) is 13.2 Å². The lowest BCUT2D eigenvalue weighted by Gasteiger charge is -2.37. The maximum atomic E-state index is 12.6. The number of carbonyl (C=O) groups is 2. The third-order valence-corrected chi connectivity index (χ3v) is 5.53. The fraction of sp³-hybridized carbons (Fsp3) is 0.500. The van der Waals surface area contributed by atoms with Gasteiger partial charge in [-0.05, 0) is 31.9 Å². The van der Waals surface area contributed by atoms with E-state index in [0.717, 1.165) is 48.5 Å². The minimum absolute atomic E-state index is 0.0777. The van der Waals surface area contributed by atoms with E-state index in [1.807, 2.05) is 31.2 Å². The van der Waals surface area contributed by atoms with E-state index >= 15 is 0 Å². The number of ether oxygens (including phenoxy) is 1. The van der Waals surface area contributed by atoms with Gasteiger partial charge in [0.15, 0.2) is 5.82 Å². The smallest absolute Gasteiger partial charge is 0.327 e. The normalized spacial score (nSPS) is 18.6. The number of aromatic nitrogens is 2. The molecule has 0 spiro atoms. The number of benzene rings is 1. The zero-order valence-electron chi connectivity index (χ0n) is 16.3. The Bertz CT molecular complexity index is 895. The number of aryl methyl sites for hydroxylation is 1. The first-order chi connectivity index (χ1) is 13.6. The number of carbonyl (C=O) groups excluding carboxylic acids is 2. The lowest BCUT2D eigenvalue weighted by Crippen LogP contribution is -2.47. The van der Waals surface area contributed by atoms with Crippen LogP contribution in [0, 0.1) is 6.92 Å². The first-order valence-electron chi connectivity index (χ1n) is 9.66. The van der Waals surface area contributed by atoms with Crippen molar-refractivity contribution in [1.82, 2.24) is 19.8 Å². The summed E-state index contributed by atoms with van der Waals surface area (Å²) in [6, 6.07) is 7.76. The lowest BCUT2D eigenvalue weighted by atomic mass is 10.0. The van der Waals surface area contributed by atoms with Crippen LogP contribution in [-0.4, -0.2) is 77.6 Å². The van der Waals surface area contributed by atoms with Crippen molar-refractivity contribution in [1.29, 1.82) is 0 Å². The second-order valence-electron chi connectivity index (χ2n) is 7.29. The Hall–Kier alpha value is -2.74. The average Bonchev–Trinajstić information content (AvgIpc) is 2.99. The standard InChI is InChI=1S/C20H25N5O3/c1-14-19(22-17-6-4-3-5-16(17)21-14)23-9-7-15(8-10-23)25-13-18(26)24(20(25)27)11-12-28-2/h3-6,15H,7-13H2,1-2H3. The quantitative estimate of drug-likeness (QED) is 0.733. The minimum Gasteiger partial charge on any atom is -0.383 e. The molecule has 0 saturated carbocycles. The fourth-order valence-corrected chi connectivity index (χ4v) is 4.02. The molecular formula is C20H25N5O3. The second-order valence-corrected chi connectivity index (χ2v) is 7.29. The van der Waals surface area contributed by atoms with Crippen LogP contribution < -0.4 is 4.90 Å². The van der Waals surface area contributed by atoms with E-state index in [4.69, 9.17) is 9.72 Å². The third-order valence-electron chi connectivity index (χ3n) is 5.53. The number of piperidine rings is 1. The predicted octanol–water partition coefficient (Wildman–Crippen LogP) is 1.82. The molecule has 8 nitrogen and oxygen atoms in total. The monoisotopic (exact) mass is 383 g/mol. The molecule has 0 bridgehead atoms. The molecule has 148 valence electrons. The highest BCUT2D eigenvalue weighted by molar-refractivity contribution is 6.02. The van der Waals surface area contributed by atoms with Gasteiger partial charge >= 0.3 is 6.03 Å². The number of methoxy groups -OCH3 is 1. The Balaban J connectivity index is 1.43. The molecule has 0 aliphatic carbocycles. The molecule has 2 fully saturated rings. The molecule has 1 aromatic carbocycles. The zero-order valence-corrected chi connectivity index (χ0v) is 16.3. The molecule has 4 rings (SSSR count). The summed E-state index contributed by atoms with van der Waals surface area (Å²) in [5.74, 6) is 0.767. The van der Waals surface area contributed by atoms with Gasteiger partial charge in [-0.15, -0.1) is 0 Å². The SMILES string of the molecule is COCCN1C(=O)CN(C2CCN(c3nc4ccccc4nc3C)CC2)C1=O. The number of para-hydroxylation sites is 2. The molecule has 28 heavy (non-hydrogen) atoms. The summed E-state index contributed by atoms with van der Waals surface area (Å²) in [5.41, 5.74) is 2.70. The Morgan fingerprint density at radius 2 is 1.79 bits per heavy atom. The van der Waals surface area contributed by atoms with Crippen LogP contribution in [0.2, 0.25) is 0 Å². The van der Waals surface area contributed by atoms with Crippen molar-refractivity contribution in [2.24, 2.45) is 0 Å². The van der Waals surface area contributed by atoms with Gasteiger partial charge in [0.05, 0.1) is 29.9 Å². The van der Waals surface area contributed by atoms with Crippen molar-refractivity contribution in [2.45, 2.75) is 25.8 Å². The topological polar surface area (TPSA) is 78.9 Å². The Morgan fingerprint density at radius 3 is 2.46 bits per heavy atom. The molecule has 2 aliphatic heterocycles. The molecule has 2 aliphatic rings. The number of rotatable bonds is 5. The van der Waals surface area contributed by atoms with Crippen LogP contribution in [0.1, 0.15) is 18.5 Å². The van der Waals surface area contributed by atoms with E-state index in [1.54, 1.807) is 12.0 Å². The summed E-state index contributed by atoms with van der Waals surface area (Å²) < 4.78 is 5.00. The molecule has 2 saturated heterocycles. The summed E-state index contributed by atoms with van der Waals surface area (Å²) in [6.07, 6.45) is 1.62. The van der Waals surface area contributed by atoms with E-state index < -0.39 is 0 Å². The van der Waals surface area contributed by atoms with E-state index in [1.165, 1.54) is 4.90 Å². The van der Waals surface area contributed by atoms with Crippen molar-refractivity contribution < 1.29 is 14.3 Å². The van der Waals surface area contributed by atoms with Crippen LogP contribution in [0.15, 0.2) is 24.3 Å². The minimum atomic E-state index is -0.192. The van der Waals surface area contributed by atoms with Crippen LogP contribution in [0.25, 0.3) is 11.0 Å². The summed E-state index contributed by atoms with van der Waals surface area (Å²) in [4.78, 5) is 39.5. The van der Waals surface area contributed by atoms with Crippen LogP contribution >= 0.6 is 0 Å². The molecule has 1 aromatic heterocycles. The van der Waals surface area contributed by atoms with Gasteiger partial charge in [0.1, 0.15) is 6.54 Å². The van der Waals surface area contributed by atoms with Gasteiger partial charge in [-0.25, -0.2) is 14.8 Å². The van der Waals surface area contributed by atoms with Crippen LogP contribution in [0.3, 0.4) is 0 Å². The van der Waals surface area contributed by atoms with Gasteiger partial charge in [0, 0.05) is 26.2 Å². The molecule has 0 atom stereocenters. The first-order valence-corrected chi connectivity index (χ1v) is 9.66. The molecular weight excluding hydrogens is 358 g/mol. The lowest BCUT2D eigenvalue weighted by molar-refractivity contribution is -0.125. The second kappa shape index (κ2) is 7.71. The van der Waals surface area contributed by atoms with Crippen LogP contribution in [0.4, 0.5) is 10.6 Å². The van der Waals surface area contributed by atoms with Crippen molar-refractivity contribution in [2.75, 3.05) is 44.8 Å². The van der Waals surface area contributed by atoms with Crippen LogP contribution in [0.5, 0.6) is 0 Å². The molecule has 0 N–H and O–H groups in total. The van der Waals surface area contributed by atoms with Gasteiger partial charge in [-0.1, -0.05) is 12.1 Å². The molecule has 3 heterocycles. The van der Waals surface area contributed by atoms with Crippen molar-refractivity contribution in [3.63, 3.8) is 0 Å². The van der Waals surface area contributed by atoms with Crippen molar-refractivity contribution in [3.05, 3.63) is 30.0 Å². The highest BCUT2D eigenvalue weighted by Crippen LogP contribution is 2.27. The number of amides is 3. The molecule has 0 radical (unpaired) electrons. The predicted molar refractivity (Wildman–Crippen MR) is 105 cm³/mol. The van der Waals surface area contributed by atoms with Crippen LogP contribution in [-0.2, 0) is 9.53 Å². The number of hydrogen-bond acceptors (Lipinski definition) is 6. The fourth-order valence-electron chi connectivity index (χ4n) is 4.02. The zero-order chi connectivity index (χ0) is 19.7. The molecule has 8 heteroatoms. The Labute approximate surface area is 164 Å². The highest BCUT2D eigenvalue weighted by atomic mass is 16.5. The summed E-state index contributed by atoms with van der Waals surface area (Å²) in [5, 5.41) is 0. The van der Waals surface area contributed by atoms with E-state index in [-0.39, 0.29) is 24.5 Å². The number of nitrogens with zero attached hydrogens (tertiary/aromatic N) is 5. The Morgan fingerprint density at radius 1 is 1.11 bits per heavy atom. The summed E-state index contributed by atoms with van der Waals surface area (Å²) in [7, 11) is 1.57. The molecule has 2 aromatic rings. The largest absolute Gasteiger partial charge is 0.383 e. The van der Waals surface area contributed by atoms with Gasteiger partial charge in [-0.3, -0.25) is 9.69 Å². The summed E-state index contributed by atoms with van der Waals surface area (Å²) in [6.45, 7) is 4.40. The summed E-state index contributed by atoms with van der Waals surface area (Å²) >= 11 is 0. The number of hydrogen-bond donors (Lipinski definition) is 0. The number of anilines is 1. The molecule has 0 unspecified atom stereocenters. The van der Waals surface area contributed by atoms with Crippen molar-refractivity contribution >= 4 is 28.8 Å². The highest BCUT2D eigenvalue weighted by Gasteiger charge is 2.40. The first kappa shape index (κ1) is 18.6. The van der Waals surface area contributed by atoms with Gasteiger partial charge in [-0.2, -0.15) is 0 Å². The van der Waals surface area contributed by atoms with E-state index in [9.17, 15) is 9.59 Å². The maximum Gasteiger partial charge on any atom is 0.327 e. The number of urea groups is 1. The molecule has 3 amide bonds. The van der Waals surface area contributed by atoms with Gasteiger partial charge in [0.2, 0.25) is 5.91 Å². The van der Waals surface area contributed by atoms with Gasteiger partial charge < -0.3 is 14.5 Å². The maximum absolute atomic E-state index is 12.6. The van der Waals surface area contributed by atoms with Gasteiger partial charge in [0.25, 0.3) is 0 Å². The Kier molecular flexibility index (Phi) is 5.13. The average molecular weight is 383 g/mol. The number of fused-ring (bicyclic) bond motifs is 1. The number of imide groups is 1. The van der Waals surface area contributed by atoms with E-state index in [2.05, 4.69) is 9.88 Å².